The van der Waals surface area contributed by atoms with Gasteiger partial charge in [-0.25, -0.2) is 9.78 Å². The Bertz CT molecular complexity index is 606. The predicted octanol–water partition coefficient (Wildman–Crippen LogP) is 3.40. The summed E-state index contributed by atoms with van der Waals surface area (Å²) >= 11 is 0. The summed E-state index contributed by atoms with van der Waals surface area (Å²) in [5.41, 5.74) is 0.660. The van der Waals surface area contributed by atoms with Gasteiger partial charge in [0.25, 0.3) is 0 Å². The van der Waals surface area contributed by atoms with Crippen LogP contribution in [0.3, 0.4) is 0 Å². The van der Waals surface area contributed by atoms with Crippen LogP contribution in [0.1, 0.15) is 63.9 Å². The zero-order valence-electron chi connectivity index (χ0n) is 16.8. The van der Waals surface area contributed by atoms with Crippen LogP contribution in [0.2, 0.25) is 0 Å². The second-order valence-corrected chi connectivity index (χ2v) is 8.72. The first kappa shape index (κ1) is 19.2. The topological polar surface area (TPSA) is 50.6 Å². The fraction of sp³-hybridized carbons (Fsp3) is 0.800. The summed E-state index contributed by atoms with van der Waals surface area (Å²) in [7, 11) is 0. The maximum Gasteiger partial charge on any atom is 0.410 e. The van der Waals surface area contributed by atoms with Crippen LogP contribution in [-0.2, 0) is 11.3 Å². The van der Waals surface area contributed by atoms with Crippen LogP contribution < -0.4 is 0 Å². The highest BCUT2D eigenvalue weighted by molar-refractivity contribution is 5.68. The standard InChI is InChI=1S/C20H34N4O2/c1-16-15-24(14-13-22-9-5-6-10-22)18(21-16)17-7-11-23(12-8-17)19(25)26-20(2,3)4/h15,17H,5-14H2,1-4H3. The van der Waals surface area contributed by atoms with Gasteiger partial charge in [0, 0.05) is 38.3 Å². The first-order valence-corrected chi connectivity index (χ1v) is 10.1. The van der Waals surface area contributed by atoms with Gasteiger partial charge in [-0.3, -0.25) is 0 Å². The van der Waals surface area contributed by atoms with E-state index in [4.69, 9.17) is 9.72 Å². The molecule has 0 N–H and O–H groups in total. The summed E-state index contributed by atoms with van der Waals surface area (Å²) in [6.07, 6.45) is 6.58. The summed E-state index contributed by atoms with van der Waals surface area (Å²) in [5, 5.41) is 0. The Hall–Kier alpha value is -1.56. The minimum atomic E-state index is -0.434. The minimum Gasteiger partial charge on any atom is -0.444 e. The molecule has 0 atom stereocenters. The molecular formula is C20H34N4O2. The van der Waals surface area contributed by atoms with Gasteiger partial charge in [-0.2, -0.15) is 0 Å². The number of carbonyl (C=O) groups excluding carboxylic acids is 1. The molecule has 3 heterocycles. The maximum absolute atomic E-state index is 12.3. The van der Waals surface area contributed by atoms with Gasteiger partial charge in [0.05, 0.1) is 5.69 Å². The van der Waals surface area contributed by atoms with E-state index in [0.717, 1.165) is 44.7 Å². The van der Waals surface area contributed by atoms with Gasteiger partial charge in [0.2, 0.25) is 0 Å². The number of ether oxygens (including phenoxy) is 1. The van der Waals surface area contributed by atoms with Crippen molar-refractivity contribution < 1.29 is 9.53 Å². The van der Waals surface area contributed by atoms with Gasteiger partial charge >= 0.3 is 6.09 Å². The Morgan fingerprint density at radius 2 is 1.81 bits per heavy atom. The number of aromatic nitrogens is 2. The number of nitrogens with zero attached hydrogens (tertiary/aromatic N) is 4. The molecule has 2 saturated heterocycles. The van der Waals surface area contributed by atoms with E-state index < -0.39 is 5.60 Å². The third kappa shape index (κ3) is 5.00. The van der Waals surface area contributed by atoms with E-state index >= 15 is 0 Å². The fourth-order valence-corrected chi connectivity index (χ4v) is 3.97. The summed E-state index contributed by atoms with van der Waals surface area (Å²) in [4.78, 5) is 21.5. The molecule has 0 aromatic carbocycles. The lowest BCUT2D eigenvalue weighted by atomic mass is 9.96. The lowest BCUT2D eigenvalue weighted by molar-refractivity contribution is 0.0202. The highest BCUT2D eigenvalue weighted by atomic mass is 16.6. The Balaban J connectivity index is 1.56. The van der Waals surface area contributed by atoms with E-state index in [-0.39, 0.29) is 6.09 Å². The summed E-state index contributed by atoms with van der Waals surface area (Å²) < 4.78 is 7.85. The van der Waals surface area contributed by atoms with Gasteiger partial charge in [0.1, 0.15) is 11.4 Å². The van der Waals surface area contributed by atoms with Crippen LogP contribution in [0.5, 0.6) is 0 Å². The zero-order chi connectivity index (χ0) is 18.7. The average molecular weight is 363 g/mol. The molecule has 0 unspecified atom stereocenters. The van der Waals surface area contributed by atoms with Crippen molar-refractivity contribution in [1.82, 2.24) is 19.4 Å². The Kier molecular flexibility index (Phi) is 5.90. The van der Waals surface area contributed by atoms with E-state index in [1.54, 1.807) is 0 Å². The second-order valence-electron chi connectivity index (χ2n) is 8.72. The van der Waals surface area contributed by atoms with Crippen LogP contribution >= 0.6 is 0 Å². The Labute approximate surface area is 157 Å². The van der Waals surface area contributed by atoms with Crippen LogP contribution in [0.4, 0.5) is 4.79 Å². The number of imidazole rings is 1. The van der Waals surface area contributed by atoms with Gasteiger partial charge in [-0.05, 0) is 66.5 Å². The van der Waals surface area contributed by atoms with Crippen molar-refractivity contribution in [2.24, 2.45) is 0 Å². The van der Waals surface area contributed by atoms with Crippen molar-refractivity contribution in [2.75, 3.05) is 32.7 Å². The quantitative estimate of drug-likeness (QED) is 0.824. The van der Waals surface area contributed by atoms with Crippen molar-refractivity contribution in [3.8, 4) is 0 Å². The minimum absolute atomic E-state index is 0.190. The maximum atomic E-state index is 12.3. The van der Waals surface area contributed by atoms with Crippen molar-refractivity contribution in [2.45, 2.75) is 71.4 Å². The fourth-order valence-electron chi connectivity index (χ4n) is 3.97. The van der Waals surface area contributed by atoms with E-state index in [0.29, 0.717) is 5.92 Å². The molecule has 6 nitrogen and oxygen atoms in total. The second kappa shape index (κ2) is 7.99. The van der Waals surface area contributed by atoms with Crippen LogP contribution in [0.25, 0.3) is 0 Å². The number of hydrogen-bond acceptors (Lipinski definition) is 4. The van der Waals surface area contributed by atoms with Crippen LogP contribution in [-0.4, -0.2) is 63.8 Å². The molecule has 1 amide bonds. The van der Waals surface area contributed by atoms with Crippen molar-refractivity contribution in [1.29, 1.82) is 0 Å². The number of carbonyl (C=O) groups is 1. The molecule has 1 aromatic heterocycles. The first-order valence-electron chi connectivity index (χ1n) is 10.1. The Morgan fingerprint density at radius 1 is 1.15 bits per heavy atom. The summed E-state index contributed by atoms with van der Waals surface area (Å²) in [6.45, 7) is 13.9. The number of rotatable bonds is 4. The number of aryl methyl sites for hydroxylation is 1. The molecule has 0 spiro atoms. The van der Waals surface area contributed by atoms with Crippen molar-refractivity contribution in [3.05, 3.63) is 17.7 Å². The molecule has 6 heteroatoms. The molecule has 1 aromatic rings. The lowest BCUT2D eigenvalue weighted by Gasteiger charge is -2.33. The molecule has 2 fully saturated rings. The number of amides is 1. The zero-order valence-corrected chi connectivity index (χ0v) is 16.8. The molecule has 0 saturated carbocycles. The van der Waals surface area contributed by atoms with Gasteiger partial charge in [-0.1, -0.05) is 0 Å². The highest BCUT2D eigenvalue weighted by Gasteiger charge is 2.29. The number of likely N-dealkylation sites (tertiary alicyclic amines) is 2. The largest absolute Gasteiger partial charge is 0.444 e. The Morgan fingerprint density at radius 3 is 2.42 bits per heavy atom. The van der Waals surface area contributed by atoms with Gasteiger partial charge in [-0.15, -0.1) is 0 Å². The average Bonchev–Trinajstić information content (AvgIpc) is 3.21. The van der Waals surface area contributed by atoms with Crippen LogP contribution in [0, 0.1) is 6.92 Å². The van der Waals surface area contributed by atoms with Gasteiger partial charge in [0.15, 0.2) is 0 Å². The van der Waals surface area contributed by atoms with E-state index in [9.17, 15) is 4.79 Å². The van der Waals surface area contributed by atoms with Gasteiger partial charge < -0.3 is 19.1 Å². The van der Waals surface area contributed by atoms with E-state index in [2.05, 4.69) is 22.6 Å². The molecule has 2 aliphatic heterocycles. The molecular weight excluding hydrogens is 328 g/mol. The monoisotopic (exact) mass is 362 g/mol. The highest BCUT2D eigenvalue weighted by Crippen LogP contribution is 2.28. The first-order chi connectivity index (χ1) is 12.3. The molecule has 0 radical (unpaired) electrons. The SMILES string of the molecule is Cc1cn(CCN2CCCC2)c(C2CCN(C(=O)OC(C)(C)C)CC2)n1. The van der Waals surface area contributed by atoms with Crippen LogP contribution in [0.15, 0.2) is 6.20 Å². The van der Waals surface area contributed by atoms with Crippen molar-refractivity contribution >= 4 is 6.09 Å². The molecule has 3 rings (SSSR count). The predicted molar refractivity (Wildman–Crippen MR) is 102 cm³/mol. The van der Waals surface area contributed by atoms with E-state index in [1.165, 1.54) is 31.8 Å². The molecule has 0 aliphatic carbocycles. The molecule has 26 heavy (non-hydrogen) atoms. The summed E-state index contributed by atoms with van der Waals surface area (Å²) in [5.74, 6) is 1.63. The van der Waals surface area contributed by atoms with E-state index in [1.807, 2.05) is 25.7 Å². The number of hydrogen-bond donors (Lipinski definition) is 0. The molecule has 0 bridgehead atoms. The normalized spacial score (nSPS) is 19.9. The smallest absolute Gasteiger partial charge is 0.410 e. The number of piperidine rings is 1. The lowest BCUT2D eigenvalue weighted by Crippen LogP contribution is -2.41. The third-order valence-electron chi connectivity index (χ3n) is 5.30. The molecule has 146 valence electrons. The van der Waals surface area contributed by atoms with Crippen molar-refractivity contribution in [3.63, 3.8) is 0 Å². The third-order valence-corrected chi connectivity index (χ3v) is 5.30. The molecule has 2 aliphatic rings. The summed E-state index contributed by atoms with van der Waals surface area (Å²) in [6, 6.07) is 0.